The third-order valence-corrected chi connectivity index (χ3v) is 1.44. The molecular formula is C4H4N3S2. The smallest absolute Gasteiger partial charge is 0.199 e. The summed E-state index contributed by atoms with van der Waals surface area (Å²) in [5.41, 5.74) is 5.29. The molecule has 0 aliphatic heterocycles. The maximum absolute atomic E-state index is 5.29. The predicted molar refractivity (Wildman–Crippen MR) is 40.6 cm³/mol. The van der Waals surface area contributed by atoms with Crippen molar-refractivity contribution < 1.29 is 0 Å². The van der Waals surface area contributed by atoms with Gasteiger partial charge in [0.2, 0.25) is 0 Å². The summed E-state index contributed by atoms with van der Waals surface area (Å²) in [6.07, 6.45) is 0.503. The van der Waals surface area contributed by atoms with Crippen LogP contribution in [0.5, 0.6) is 0 Å². The molecule has 1 radical (unpaired) electrons. The van der Waals surface area contributed by atoms with E-state index in [2.05, 4.69) is 26.9 Å². The Morgan fingerprint density at radius 2 is 2.56 bits per heavy atom. The summed E-state index contributed by atoms with van der Waals surface area (Å²) in [4.78, 5) is 3.86. The molecular weight excluding hydrogens is 154 g/mol. The fourth-order valence-corrected chi connectivity index (χ4v) is 0.983. The van der Waals surface area contributed by atoms with Gasteiger partial charge in [-0.3, -0.25) is 0 Å². The minimum absolute atomic E-state index is 0.482. The van der Waals surface area contributed by atoms with Crippen LogP contribution in [-0.4, -0.2) is 14.7 Å². The highest BCUT2D eigenvalue weighted by Gasteiger charge is 1.96. The molecule has 1 heterocycles. The number of rotatable bonds is 2. The molecule has 0 aliphatic rings. The van der Waals surface area contributed by atoms with Crippen LogP contribution in [0, 0.1) is 0 Å². The molecule has 47 valence electrons. The average Bonchev–Trinajstić information content (AvgIpc) is 2.17. The van der Waals surface area contributed by atoms with E-state index < -0.39 is 0 Å². The molecule has 0 saturated heterocycles. The Bertz CT molecular complexity index is 207. The molecule has 0 spiro atoms. The molecule has 0 fully saturated rings. The van der Waals surface area contributed by atoms with Crippen molar-refractivity contribution in [2.45, 2.75) is 6.42 Å². The van der Waals surface area contributed by atoms with Crippen molar-refractivity contribution in [2.75, 3.05) is 5.73 Å². The quantitative estimate of drug-likeness (QED) is 0.638. The fourth-order valence-electron chi connectivity index (χ4n) is 0.404. The molecule has 0 bridgehead atoms. The van der Waals surface area contributed by atoms with Crippen molar-refractivity contribution in [3.05, 3.63) is 5.82 Å². The van der Waals surface area contributed by atoms with Crippen LogP contribution in [0.15, 0.2) is 0 Å². The number of nitrogens with zero attached hydrogens (tertiary/aromatic N) is 2. The van der Waals surface area contributed by atoms with Gasteiger partial charge in [0.15, 0.2) is 5.13 Å². The van der Waals surface area contributed by atoms with E-state index in [4.69, 9.17) is 5.73 Å². The van der Waals surface area contributed by atoms with Crippen LogP contribution in [0.4, 0.5) is 5.13 Å². The van der Waals surface area contributed by atoms with Crippen LogP contribution >= 0.6 is 23.8 Å². The van der Waals surface area contributed by atoms with E-state index >= 15 is 0 Å². The summed E-state index contributed by atoms with van der Waals surface area (Å²) in [5, 5.41) is 2.99. The molecule has 0 amide bonds. The predicted octanol–water partition coefficient (Wildman–Crippen LogP) is 0.540. The largest absolute Gasteiger partial charge is 0.374 e. The molecule has 0 unspecified atom stereocenters. The van der Waals surface area contributed by atoms with Gasteiger partial charge >= 0.3 is 0 Å². The second-order valence-corrected chi connectivity index (χ2v) is 2.44. The van der Waals surface area contributed by atoms with Gasteiger partial charge in [-0.05, 0) is 0 Å². The number of nitrogens with two attached hydrogens (primary N) is 1. The molecule has 3 nitrogen and oxygen atoms in total. The monoisotopic (exact) mass is 158 g/mol. The lowest BCUT2D eigenvalue weighted by Crippen LogP contribution is -1.88. The van der Waals surface area contributed by atoms with E-state index in [1.807, 2.05) is 0 Å². The second kappa shape index (κ2) is 2.84. The second-order valence-electron chi connectivity index (χ2n) is 1.37. The Hall–Kier alpha value is -0.550. The van der Waals surface area contributed by atoms with Crippen molar-refractivity contribution in [3.8, 4) is 0 Å². The topological polar surface area (TPSA) is 51.8 Å². The number of anilines is 1. The molecule has 5 heteroatoms. The number of aromatic nitrogens is 2. The van der Waals surface area contributed by atoms with E-state index in [1.165, 1.54) is 11.5 Å². The zero-order chi connectivity index (χ0) is 6.69. The number of thiocarbonyl (C=S) groups is 1. The summed E-state index contributed by atoms with van der Waals surface area (Å²) in [5.74, 6) is 0.660. The fraction of sp³-hybridized carbons (Fsp3) is 0.250. The van der Waals surface area contributed by atoms with E-state index in [-0.39, 0.29) is 0 Å². The van der Waals surface area contributed by atoms with Gasteiger partial charge in [0.25, 0.3) is 0 Å². The Morgan fingerprint density at radius 1 is 1.78 bits per heavy atom. The molecule has 0 aromatic carbocycles. The van der Waals surface area contributed by atoms with E-state index in [1.54, 1.807) is 0 Å². The lowest BCUT2D eigenvalue weighted by molar-refractivity contribution is 1.12. The first-order chi connectivity index (χ1) is 4.33. The lowest BCUT2D eigenvalue weighted by Gasteiger charge is -1.77. The molecule has 0 saturated carbocycles. The number of hydrogen-bond donors (Lipinski definition) is 1. The van der Waals surface area contributed by atoms with E-state index in [0.717, 1.165) is 0 Å². The van der Waals surface area contributed by atoms with Crippen LogP contribution in [0.3, 0.4) is 0 Å². The SMILES string of the molecule is Nc1nc(C[C]=S)ns1. The van der Waals surface area contributed by atoms with Gasteiger partial charge < -0.3 is 5.73 Å². The van der Waals surface area contributed by atoms with E-state index in [9.17, 15) is 0 Å². The first-order valence-electron chi connectivity index (χ1n) is 2.26. The van der Waals surface area contributed by atoms with Gasteiger partial charge in [0, 0.05) is 23.3 Å². The Labute approximate surface area is 62.1 Å². The zero-order valence-corrected chi connectivity index (χ0v) is 6.13. The van der Waals surface area contributed by atoms with Gasteiger partial charge in [-0.25, -0.2) is 4.98 Å². The highest BCUT2D eigenvalue weighted by molar-refractivity contribution is 7.78. The highest BCUT2D eigenvalue weighted by atomic mass is 32.1. The highest BCUT2D eigenvalue weighted by Crippen LogP contribution is 2.04. The van der Waals surface area contributed by atoms with Crippen molar-refractivity contribution in [3.63, 3.8) is 0 Å². The van der Waals surface area contributed by atoms with Crippen LogP contribution in [-0.2, 0) is 6.42 Å². The summed E-state index contributed by atoms with van der Waals surface area (Å²) >= 11 is 5.65. The zero-order valence-electron chi connectivity index (χ0n) is 4.50. The molecule has 0 aliphatic carbocycles. The normalized spacial score (nSPS) is 9.33. The molecule has 1 rings (SSSR count). The van der Waals surface area contributed by atoms with Gasteiger partial charge in [0.05, 0.1) is 0 Å². The van der Waals surface area contributed by atoms with E-state index in [0.29, 0.717) is 17.4 Å². The van der Waals surface area contributed by atoms with Crippen molar-refractivity contribution in [1.29, 1.82) is 0 Å². The third kappa shape index (κ3) is 1.69. The Balaban J connectivity index is 2.72. The summed E-state index contributed by atoms with van der Waals surface area (Å²) in [6.45, 7) is 0. The number of nitrogen functional groups attached to an aromatic ring is 1. The first kappa shape index (κ1) is 6.57. The maximum Gasteiger partial charge on any atom is 0.199 e. The van der Waals surface area contributed by atoms with Crippen LogP contribution in [0.2, 0.25) is 0 Å². The van der Waals surface area contributed by atoms with Crippen molar-refractivity contribution in [2.24, 2.45) is 0 Å². The molecule has 0 atom stereocenters. The summed E-state index contributed by atoms with van der Waals surface area (Å²) in [7, 11) is 0. The van der Waals surface area contributed by atoms with Crippen molar-refractivity contribution in [1.82, 2.24) is 9.36 Å². The maximum atomic E-state index is 5.29. The Morgan fingerprint density at radius 3 is 3.00 bits per heavy atom. The standard InChI is InChI=1S/C4H4N3S2/c5-4-6-3(1-2-8)7-9-4/h1H2,(H2,5,6,7). The lowest BCUT2D eigenvalue weighted by atomic mass is 10.5. The summed E-state index contributed by atoms with van der Waals surface area (Å²) < 4.78 is 3.88. The average molecular weight is 158 g/mol. The van der Waals surface area contributed by atoms with Crippen molar-refractivity contribution >= 4 is 34.2 Å². The number of hydrogen-bond acceptors (Lipinski definition) is 5. The van der Waals surface area contributed by atoms with Gasteiger partial charge in [0.1, 0.15) is 5.82 Å². The van der Waals surface area contributed by atoms with Gasteiger partial charge in [-0.15, -0.1) is 0 Å². The first-order valence-corrected chi connectivity index (χ1v) is 3.44. The van der Waals surface area contributed by atoms with Gasteiger partial charge in [-0.2, -0.15) is 4.37 Å². The van der Waals surface area contributed by atoms with Crippen LogP contribution in [0.1, 0.15) is 5.82 Å². The van der Waals surface area contributed by atoms with Gasteiger partial charge in [-0.1, -0.05) is 12.2 Å². The summed E-state index contributed by atoms with van der Waals surface area (Å²) in [6, 6.07) is 0. The molecule has 1 aromatic heterocycles. The van der Waals surface area contributed by atoms with Crippen LogP contribution < -0.4 is 5.73 Å². The molecule has 9 heavy (non-hydrogen) atoms. The molecule has 1 aromatic rings. The minimum atomic E-state index is 0.482. The minimum Gasteiger partial charge on any atom is -0.374 e. The van der Waals surface area contributed by atoms with Crippen LogP contribution in [0.25, 0.3) is 0 Å². The third-order valence-electron chi connectivity index (χ3n) is 0.714. The Kier molecular flexibility index (Phi) is 2.07. The molecule has 2 N–H and O–H groups in total.